The van der Waals surface area contributed by atoms with Crippen LogP contribution in [-0.2, 0) is 35.5 Å². The van der Waals surface area contributed by atoms with Crippen LogP contribution in [0.4, 0.5) is 0 Å². The first kappa shape index (κ1) is 31.5. The monoisotopic (exact) mass is 511 g/mol. The Morgan fingerprint density at radius 2 is 1.47 bits per heavy atom. The minimum Gasteiger partial charge on any atom is -0.464 e. The van der Waals surface area contributed by atoms with Crippen LogP contribution in [0.5, 0.6) is 0 Å². The third kappa shape index (κ3) is 24.2. The van der Waals surface area contributed by atoms with Crippen LogP contribution in [0.2, 0.25) is 0 Å². The summed E-state index contributed by atoms with van der Waals surface area (Å²) in [5.74, 6) is 0.967. The molecule has 0 aliphatic rings. The highest BCUT2D eigenvalue weighted by molar-refractivity contribution is 8.09. The summed E-state index contributed by atoms with van der Waals surface area (Å²) in [5.41, 5.74) is 0. The highest BCUT2D eigenvalue weighted by Gasteiger charge is 2.06. The molecule has 0 fully saturated rings. The van der Waals surface area contributed by atoms with Crippen LogP contribution in [-0.4, -0.2) is 61.0 Å². The first-order valence-corrected chi connectivity index (χ1v) is 16.1. The van der Waals surface area contributed by atoms with Crippen LogP contribution in [0.25, 0.3) is 0 Å². The fourth-order valence-electron chi connectivity index (χ4n) is 2.95. The quantitative estimate of drug-likeness (QED) is 0.124. The molecule has 0 aliphatic heterocycles. The maximum Gasteiger partial charge on any atom is 0.305 e. The first-order valence-electron chi connectivity index (χ1n) is 11.6. The van der Waals surface area contributed by atoms with E-state index in [0.717, 1.165) is 63.5 Å². The number of hydrogen-bond donors (Lipinski definition) is 2. The van der Waals surface area contributed by atoms with Gasteiger partial charge in [0.1, 0.15) is 12.4 Å². The Morgan fingerprint density at radius 1 is 0.875 bits per heavy atom. The van der Waals surface area contributed by atoms with Gasteiger partial charge in [-0.1, -0.05) is 32.1 Å². The molecule has 0 heterocycles. The maximum absolute atomic E-state index is 11.8. The largest absolute Gasteiger partial charge is 0.464 e. The van der Waals surface area contributed by atoms with Crippen LogP contribution in [0.15, 0.2) is 0 Å². The summed E-state index contributed by atoms with van der Waals surface area (Å²) < 4.78 is 10.3. The lowest BCUT2D eigenvalue weighted by Crippen LogP contribution is -2.27. The summed E-state index contributed by atoms with van der Waals surface area (Å²) in [5, 5.41) is 2.77. The van der Waals surface area contributed by atoms with E-state index < -0.39 is 6.49 Å². The molecule has 0 radical (unpaired) electrons. The van der Waals surface area contributed by atoms with E-state index in [0.29, 0.717) is 44.6 Å². The van der Waals surface area contributed by atoms with Crippen molar-refractivity contribution in [1.82, 2.24) is 5.32 Å². The Labute approximate surface area is 203 Å². The number of nitrogens with one attached hydrogen (secondary N) is 1. The average molecular weight is 512 g/mol. The molecule has 0 aromatic carbocycles. The number of ether oxygens (including phenoxy) is 1. The fraction of sp³-hybridized carbons (Fsp3) is 0.864. The van der Waals surface area contributed by atoms with Crippen molar-refractivity contribution < 1.29 is 28.5 Å². The van der Waals surface area contributed by atoms with Gasteiger partial charge in [0.05, 0.1) is 13.2 Å². The highest BCUT2D eigenvalue weighted by Crippen LogP contribution is 2.37. The second kappa shape index (κ2) is 21.1. The first-order chi connectivity index (χ1) is 15.2. The van der Waals surface area contributed by atoms with E-state index in [-0.39, 0.29) is 18.5 Å². The van der Waals surface area contributed by atoms with Gasteiger partial charge in [-0.2, -0.15) is 11.8 Å². The van der Waals surface area contributed by atoms with Gasteiger partial charge in [-0.05, 0) is 49.5 Å². The normalized spacial score (nSPS) is 12.8. The number of thioether (sulfide) groups is 1. The van der Waals surface area contributed by atoms with Crippen molar-refractivity contribution in [2.75, 3.05) is 38.4 Å². The topological polar surface area (TPSA) is 102 Å². The van der Waals surface area contributed by atoms with Crippen LogP contribution >= 0.6 is 18.3 Å². The van der Waals surface area contributed by atoms with Gasteiger partial charge in [0.25, 0.3) is 0 Å². The molecule has 1 unspecified atom stereocenters. The molecule has 0 aromatic heterocycles. The van der Waals surface area contributed by atoms with E-state index in [1.54, 1.807) is 18.4 Å². The molecule has 32 heavy (non-hydrogen) atoms. The molecule has 0 saturated heterocycles. The number of ketones is 1. The summed E-state index contributed by atoms with van der Waals surface area (Å²) in [6, 6.07) is 0. The molecule has 2 N–H and O–H groups in total. The number of rotatable bonds is 22. The number of esters is 1. The van der Waals surface area contributed by atoms with Crippen molar-refractivity contribution in [3.63, 3.8) is 0 Å². The van der Waals surface area contributed by atoms with Crippen LogP contribution in [0, 0.1) is 0 Å². The summed E-state index contributed by atoms with van der Waals surface area (Å²) in [4.78, 5) is 44.4. The third-order valence-corrected chi connectivity index (χ3v) is 6.33. The second-order valence-electron chi connectivity index (χ2n) is 7.92. The van der Waals surface area contributed by atoms with Gasteiger partial charge in [-0.25, -0.2) is 0 Å². The molecule has 1 amide bonds. The Morgan fingerprint density at radius 3 is 2.12 bits per heavy atom. The molecule has 188 valence electrons. The van der Waals surface area contributed by atoms with Crippen molar-refractivity contribution >= 4 is 47.7 Å². The van der Waals surface area contributed by atoms with Gasteiger partial charge in [-0.15, -0.1) is 0 Å². The van der Waals surface area contributed by atoms with Crippen LogP contribution < -0.4 is 5.32 Å². The molecule has 0 rings (SSSR count). The van der Waals surface area contributed by atoms with Gasteiger partial charge in [0, 0.05) is 32.3 Å². The van der Waals surface area contributed by atoms with E-state index in [2.05, 4.69) is 5.32 Å². The van der Waals surface area contributed by atoms with Crippen molar-refractivity contribution in [3.05, 3.63) is 0 Å². The van der Waals surface area contributed by atoms with E-state index in [1.165, 1.54) is 0 Å². The van der Waals surface area contributed by atoms with Gasteiger partial charge in [0.15, 0.2) is 6.49 Å². The molecule has 0 spiro atoms. The lowest BCUT2D eigenvalue weighted by molar-refractivity contribution is -0.144. The summed E-state index contributed by atoms with van der Waals surface area (Å²) in [6.45, 7) is 0.0215. The number of hydrogen-bond acceptors (Lipinski definition) is 7. The molecule has 1 atom stereocenters. The van der Waals surface area contributed by atoms with Crippen molar-refractivity contribution in [2.45, 2.75) is 83.5 Å². The van der Waals surface area contributed by atoms with E-state index in [4.69, 9.17) is 21.1 Å². The molecule has 7 nitrogen and oxygen atoms in total. The molecule has 0 aliphatic carbocycles. The molecule has 0 bridgehead atoms. The van der Waals surface area contributed by atoms with Crippen molar-refractivity contribution in [1.29, 1.82) is 0 Å². The number of amides is 1. The zero-order valence-corrected chi connectivity index (χ0v) is 22.3. The Balaban J connectivity index is 3.42. The predicted molar refractivity (Wildman–Crippen MR) is 136 cm³/mol. The van der Waals surface area contributed by atoms with Gasteiger partial charge in [0.2, 0.25) is 5.91 Å². The van der Waals surface area contributed by atoms with E-state index in [1.807, 2.05) is 6.26 Å². The SMILES string of the molecule is CSCCC(=O)CCCCCCC(=O)NCCOC(=O)CCCCCCCOP(C)(O)=S. The number of carbonyl (C=O) groups is 3. The minimum atomic E-state index is -2.54. The number of unbranched alkanes of at least 4 members (excludes halogenated alkanes) is 7. The van der Waals surface area contributed by atoms with Crippen LogP contribution in [0.1, 0.15) is 83.5 Å². The van der Waals surface area contributed by atoms with Gasteiger partial charge < -0.3 is 19.5 Å². The molecule has 10 heteroatoms. The van der Waals surface area contributed by atoms with E-state index >= 15 is 0 Å². The van der Waals surface area contributed by atoms with Crippen LogP contribution in [0.3, 0.4) is 0 Å². The van der Waals surface area contributed by atoms with Crippen molar-refractivity contribution in [2.24, 2.45) is 0 Å². The number of carbonyl (C=O) groups excluding carboxylic acids is 3. The van der Waals surface area contributed by atoms with Gasteiger partial charge in [-0.3, -0.25) is 14.4 Å². The molecule has 0 saturated carbocycles. The minimum absolute atomic E-state index is 0.0271. The zero-order valence-electron chi connectivity index (χ0n) is 19.8. The van der Waals surface area contributed by atoms with E-state index in [9.17, 15) is 19.3 Å². The summed E-state index contributed by atoms with van der Waals surface area (Å²) in [7, 11) is 0. The lowest BCUT2D eigenvalue weighted by Gasteiger charge is -2.09. The third-order valence-electron chi connectivity index (χ3n) is 4.74. The van der Waals surface area contributed by atoms with Crippen molar-refractivity contribution in [3.8, 4) is 0 Å². The Kier molecular flexibility index (Phi) is 20.8. The molecule has 0 aromatic rings. The maximum atomic E-state index is 11.8. The predicted octanol–water partition coefficient (Wildman–Crippen LogP) is 4.60. The summed E-state index contributed by atoms with van der Waals surface area (Å²) >= 11 is 6.49. The second-order valence-corrected chi connectivity index (χ2v) is 12.8. The Hall–Kier alpha value is -0.470. The zero-order chi connectivity index (χ0) is 24.1. The number of Topliss-reactive ketones (excluding diaryl/α,β-unsaturated/α-hetero) is 1. The molecular formula is C22H42NO6PS2. The fourth-order valence-corrected chi connectivity index (χ4v) is 4.08. The summed E-state index contributed by atoms with van der Waals surface area (Å²) in [6.07, 6.45) is 12.3. The molecular weight excluding hydrogens is 469 g/mol. The highest BCUT2D eigenvalue weighted by atomic mass is 32.5. The lowest BCUT2D eigenvalue weighted by atomic mass is 10.1. The smallest absolute Gasteiger partial charge is 0.305 e. The average Bonchev–Trinajstić information content (AvgIpc) is 2.73. The Bertz CT molecular complexity index is 571. The standard InChI is InChI=1S/C22H42NO6PS2/c1-30(27,31)29-17-11-7-3-4-10-14-22(26)28-18-16-23-21(25)13-9-6-5-8-12-20(24)15-19-32-2/h3-19H2,1-2H3,(H,23,25)(H,27,31). The van der Waals surface area contributed by atoms with Gasteiger partial charge >= 0.3 is 5.97 Å².